The zero-order chi connectivity index (χ0) is 10.9. The van der Waals surface area contributed by atoms with Gasteiger partial charge in [-0.1, -0.05) is 28.1 Å². The van der Waals surface area contributed by atoms with E-state index in [0.717, 1.165) is 6.07 Å². The van der Waals surface area contributed by atoms with Crippen molar-refractivity contribution >= 4 is 15.9 Å². The van der Waals surface area contributed by atoms with Gasteiger partial charge in [0.15, 0.2) is 0 Å². The van der Waals surface area contributed by atoms with Gasteiger partial charge in [0.05, 0.1) is 0 Å². The van der Waals surface area contributed by atoms with Crippen molar-refractivity contribution in [2.24, 2.45) is 0 Å². The Hall–Kier alpha value is -0.580. The maximum atomic E-state index is 12.9. The van der Waals surface area contributed by atoms with E-state index >= 15 is 0 Å². The van der Waals surface area contributed by atoms with Gasteiger partial charge < -0.3 is 0 Å². The second-order valence-electron chi connectivity index (χ2n) is 2.91. The maximum Gasteiger partial charge on any atom is 0.405 e. The Bertz CT molecular complexity index is 332. The molecule has 14 heavy (non-hydrogen) atoms. The molecule has 0 fully saturated rings. The summed E-state index contributed by atoms with van der Waals surface area (Å²) in [5.74, 6) is -0.629. The number of halogens is 5. The zero-order valence-corrected chi connectivity index (χ0v) is 8.79. The van der Waals surface area contributed by atoms with Crippen molar-refractivity contribution in [2.75, 3.05) is 0 Å². The molecule has 5 heteroatoms. The lowest BCUT2D eigenvalue weighted by atomic mass is 10.1. The van der Waals surface area contributed by atoms with Gasteiger partial charge in [0.2, 0.25) is 0 Å². The van der Waals surface area contributed by atoms with Crippen molar-refractivity contribution in [3.8, 4) is 0 Å². The first-order valence-electron chi connectivity index (χ1n) is 3.79. The normalized spacial score (nSPS) is 14.1. The van der Waals surface area contributed by atoms with Gasteiger partial charge in [0.25, 0.3) is 0 Å². The third kappa shape index (κ3) is 2.47. The van der Waals surface area contributed by atoms with Gasteiger partial charge in [-0.15, -0.1) is 0 Å². The van der Waals surface area contributed by atoms with Crippen molar-refractivity contribution in [2.45, 2.75) is 17.9 Å². The molecule has 1 atom stereocenters. The van der Waals surface area contributed by atoms with Crippen LogP contribution in [-0.2, 0) is 0 Å². The van der Waals surface area contributed by atoms with E-state index in [0.29, 0.717) is 5.56 Å². The quantitative estimate of drug-likeness (QED) is 0.532. The molecule has 0 saturated heterocycles. The Labute approximate surface area is 87.1 Å². The molecule has 1 aromatic carbocycles. The highest BCUT2D eigenvalue weighted by atomic mass is 79.9. The molecule has 0 radical (unpaired) electrons. The lowest BCUT2D eigenvalue weighted by Crippen LogP contribution is -2.15. The highest BCUT2D eigenvalue weighted by molar-refractivity contribution is 9.09. The minimum Gasteiger partial charge on any atom is -0.207 e. The highest BCUT2D eigenvalue weighted by Crippen LogP contribution is 2.39. The van der Waals surface area contributed by atoms with E-state index in [1.807, 2.05) is 0 Å². The molecular formula is C9H7BrF4. The molecule has 0 nitrogen and oxygen atoms in total. The van der Waals surface area contributed by atoms with Crippen LogP contribution in [-0.4, -0.2) is 6.18 Å². The Morgan fingerprint density at radius 1 is 1.29 bits per heavy atom. The summed E-state index contributed by atoms with van der Waals surface area (Å²) in [4.78, 5) is -1.81. The van der Waals surface area contributed by atoms with Crippen LogP contribution in [0.2, 0.25) is 0 Å². The summed E-state index contributed by atoms with van der Waals surface area (Å²) in [6, 6.07) is 3.47. The van der Waals surface area contributed by atoms with E-state index in [1.165, 1.54) is 19.1 Å². The van der Waals surface area contributed by atoms with Crippen molar-refractivity contribution in [1.29, 1.82) is 0 Å². The summed E-state index contributed by atoms with van der Waals surface area (Å²) in [6.45, 7) is 1.50. The molecule has 78 valence electrons. The number of rotatable bonds is 1. The molecule has 0 aromatic heterocycles. The van der Waals surface area contributed by atoms with Crippen molar-refractivity contribution < 1.29 is 17.6 Å². The lowest BCUT2D eigenvalue weighted by Gasteiger charge is -2.14. The molecule has 0 aliphatic rings. The second-order valence-corrected chi connectivity index (χ2v) is 3.83. The van der Waals surface area contributed by atoms with E-state index in [-0.39, 0.29) is 5.56 Å². The summed E-state index contributed by atoms with van der Waals surface area (Å²) in [6.07, 6.45) is -4.40. The first kappa shape index (κ1) is 11.5. The van der Waals surface area contributed by atoms with Gasteiger partial charge in [-0.3, -0.25) is 0 Å². The molecular weight excluding hydrogens is 264 g/mol. The van der Waals surface area contributed by atoms with Crippen LogP contribution in [0.5, 0.6) is 0 Å². The lowest BCUT2D eigenvalue weighted by molar-refractivity contribution is -0.128. The molecule has 0 N–H and O–H groups in total. The first-order chi connectivity index (χ1) is 6.32. The Morgan fingerprint density at radius 3 is 2.29 bits per heavy atom. The van der Waals surface area contributed by atoms with E-state index in [4.69, 9.17) is 0 Å². The number of benzene rings is 1. The molecule has 0 spiro atoms. The van der Waals surface area contributed by atoms with E-state index in [1.54, 1.807) is 0 Å². The molecule has 1 rings (SSSR count). The van der Waals surface area contributed by atoms with E-state index in [2.05, 4.69) is 15.9 Å². The van der Waals surface area contributed by atoms with Crippen LogP contribution in [0.1, 0.15) is 16.0 Å². The van der Waals surface area contributed by atoms with Crippen LogP contribution in [0.3, 0.4) is 0 Å². The minimum absolute atomic E-state index is 0.124. The summed E-state index contributed by atoms with van der Waals surface area (Å²) in [5, 5.41) is 0. The Balaban J connectivity index is 3.03. The van der Waals surface area contributed by atoms with Crippen LogP contribution in [0.15, 0.2) is 18.2 Å². The fourth-order valence-corrected chi connectivity index (χ4v) is 1.24. The number of alkyl halides is 4. The number of hydrogen-bond acceptors (Lipinski definition) is 0. The predicted octanol–water partition coefficient (Wildman–Crippen LogP) is 4.13. The van der Waals surface area contributed by atoms with E-state index in [9.17, 15) is 17.6 Å². The number of aryl methyl sites for hydroxylation is 1. The third-order valence-electron chi connectivity index (χ3n) is 1.78. The summed E-state index contributed by atoms with van der Waals surface area (Å²) in [5.41, 5.74) is 0.205. The molecule has 0 aliphatic heterocycles. The Kier molecular flexibility index (Phi) is 3.19. The highest BCUT2D eigenvalue weighted by Gasteiger charge is 2.38. The SMILES string of the molecule is Cc1ccc(C(Br)C(F)(F)F)cc1F. The molecule has 0 bridgehead atoms. The van der Waals surface area contributed by atoms with Crippen molar-refractivity contribution in [3.05, 3.63) is 35.1 Å². The van der Waals surface area contributed by atoms with Crippen LogP contribution >= 0.6 is 15.9 Å². The summed E-state index contributed by atoms with van der Waals surface area (Å²) in [7, 11) is 0. The van der Waals surface area contributed by atoms with Gasteiger partial charge in [-0.2, -0.15) is 13.2 Å². The standard InChI is InChI=1S/C9H7BrF4/c1-5-2-3-6(4-7(5)11)8(10)9(12,13)14/h2-4,8H,1H3. The Morgan fingerprint density at radius 2 is 1.86 bits per heavy atom. The van der Waals surface area contributed by atoms with Crippen LogP contribution in [0.4, 0.5) is 17.6 Å². The largest absolute Gasteiger partial charge is 0.405 e. The topological polar surface area (TPSA) is 0 Å². The molecule has 1 aromatic rings. The first-order valence-corrected chi connectivity index (χ1v) is 4.71. The van der Waals surface area contributed by atoms with Gasteiger partial charge >= 0.3 is 6.18 Å². The molecule has 0 amide bonds. The van der Waals surface area contributed by atoms with Gasteiger partial charge in [0, 0.05) is 0 Å². The molecule has 0 aliphatic carbocycles. The molecule has 1 unspecified atom stereocenters. The average Bonchev–Trinajstić information content (AvgIpc) is 2.07. The van der Waals surface area contributed by atoms with Gasteiger partial charge in [-0.05, 0) is 24.1 Å². The monoisotopic (exact) mass is 270 g/mol. The van der Waals surface area contributed by atoms with Crippen LogP contribution < -0.4 is 0 Å². The fraction of sp³-hybridized carbons (Fsp3) is 0.333. The number of hydrogen-bond donors (Lipinski definition) is 0. The van der Waals surface area contributed by atoms with Crippen LogP contribution in [0.25, 0.3) is 0 Å². The summed E-state index contributed by atoms with van der Waals surface area (Å²) >= 11 is 2.47. The van der Waals surface area contributed by atoms with Crippen LogP contribution in [0, 0.1) is 12.7 Å². The van der Waals surface area contributed by atoms with Crippen molar-refractivity contribution in [1.82, 2.24) is 0 Å². The van der Waals surface area contributed by atoms with Gasteiger partial charge in [0.1, 0.15) is 10.6 Å². The molecule has 0 saturated carbocycles. The van der Waals surface area contributed by atoms with Gasteiger partial charge in [-0.25, -0.2) is 4.39 Å². The predicted molar refractivity (Wildman–Crippen MR) is 48.9 cm³/mol. The molecule has 0 heterocycles. The third-order valence-corrected chi connectivity index (χ3v) is 2.82. The zero-order valence-electron chi connectivity index (χ0n) is 7.20. The second kappa shape index (κ2) is 3.88. The fourth-order valence-electron chi connectivity index (χ4n) is 0.956. The minimum atomic E-state index is -4.40. The van der Waals surface area contributed by atoms with Crippen molar-refractivity contribution in [3.63, 3.8) is 0 Å². The van der Waals surface area contributed by atoms with E-state index < -0.39 is 16.8 Å². The smallest absolute Gasteiger partial charge is 0.207 e. The maximum absolute atomic E-state index is 12.9. The summed E-state index contributed by atoms with van der Waals surface area (Å²) < 4.78 is 49.5. The average molecular weight is 271 g/mol.